The van der Waals surface area contributed by atoms with Crippen molar-refractivity contribution in [1.29, 1.82) is 0 Å². The number of pyridine rings is 1. The fourth-order valence-electron chi connectivity index (χ4n) is 2.11. The molecule has 1 aromatic heterocycles. The SMILES string of the molecule is FC(F)(F)c1cc(Br)cnc1NC1CCCCNC1. The highest BCUT2D eigenvalue weighted by molar-refractivity contribution is 9.10. The van der Waals surface area contributed by atoms with Gasteiger partial charge in [0.2, 0.25) is 0 Å². The van der Waals surface area contributed by atoms with Crippen LogP contribution in [0.25, 0.3) is 0 Å². The number of aromatic nitrogens is 1. The van der Waals surface area contributed by atoms with Crippen molar-refractivity contribution in [3.8, 4) is 0 Å². The van der Waals surface area contributed by atoms with Crippen LogP contribution >= 0.6 is 15.9 Å². The first-order valence-corrected chi connectivity index (χ1v) is 6.96. The molecule has 0 saturated carbocycles. The van der Waals surface area contributed by atoms with Crippen molar-refractivity contribution in [3.05, 3.63) is 22.3 Å². The van der Waals surface area contributed by atoms with Gasteiger partial charge in [0.05, 0.1) is 5.56 Å². The van der Waals surface area contributed by atoms with Gasteiger partial charge in [-0.05, 0) is 41.4 Å². The lowest BCUT2D eigenvalue weighted by molar-refractivity contribution is -0.137. The van der Waals surface area contributed by atoms with Crippen LogP contribution in [0.15, 0.2) is 16.7 Å². The van der Waals surface area contributed by atoms with Gasteiger partial charge in [0.15, 0.2) is 0 Å². The third-order valence-electron chi connectivity index (χ3n) is 3.05. The van der Waals surface area contributed by atoms with Gasteiger partial charge in [-0.15, -0.1) is 0 Å². The van der Waals surface area contributed by atoms with Crippen molar-refractivity contribution in [2.24, 2.45) is 0 Å². The van der Waals surface area contributed by atoms with E-state index in [0.29, 0.717) is 11.0 Å². The van der Waals surface area contributed by atoms with E-state index < -0.39 is 11.7 Å². The van der Waals surface area contributed by atoms with Crippen LogP contribution in [0.4, 0.5) is 19.0 Å². The summed E-state index contributed by atoms with van der Waals surface area (Å²) in [5.41, 5.74) is -0.730. The maximum absolute atomic E-state index is 12.9. The zero-order valence-corrected chi connectivity index (χ0v) is 11.8. The molecule has 3 nitrogen and oxygen atoms in total. The third-order valence-corrected chi connectivity index (χ3v) is 3.48. The second-order valence-electron chi connectivity index (χ2n) is 4.59. The first-order valence-electron chi connectivity index (χ1n) is 6.17. The summed E-state index contributed by atoms with van der Waals surface area (Å²) in [6, 6.07) is 1.04. The number of anilines is 1. The zero-order chi connectivity index (χ0) is 13.9. The van der Waals surface area contributed by atoms with E-state index in [-0.39, 0.29) is 11.9 Å². The Morgan fingerprint density at radius 1 is 1.37 bits per heavy atom. The van der Waals surface area contributed by atoms with Gasteiger partial charge in [0, 0.05) is 23.3 Å². The van der Waals surface area contributed by atoms with Gasteiger partial charge in [-0.3, -0.25) is 0 Å². The van der Waals surface area contributed by atoms with Crippen LogP contribution in [-0.4, -0.2) is 24.1 Å². The highest BCUT2D eigenvalue weighted by atomic mass is 79.9. The fourth-order valence-corrected chi connectivity index (χ4v) is 2.44. The Balaban J connectivity index is 2.19. The smallest absolute Gasteiger partial charge is 0.366 e. The highest BCUT2D eigenvalue weighted by Gasteiger charge is 2.35. The largest absolute Gasteiger partial charge is 0.419 e. The molecule has 0 aromatic carbocycles. The van der Waals surface area contributed by atoms with Crippen molar-refractivity contribution in [1.82, 2.24) is 10.3 Å². The van der Waals surface area contributed by atoms with Crippen LogP contribution in [0.2, 0.25) is 0 Å². The fraction of sp³-hybridized carbons (Fsp3) is 0.583. The molecule has 19 heavy (non-hydrogen) atoms. The van der Waals surface area contributed by atoms with E-state index in [9.17, 15) is 13.2 Å². The number of rotatable bonds is 2. The van der Waals surface area contributed by atoms with Gasteiger partial charge < -0.3 is 10.6 Å². The summed E-state index contributed by atoms with van der Waals surface area (Å²) in [7, 11) is 0. The molecular formula is C12H15BrF3N3. The maximum atomic E-state index is 12.9. The molecule has 1 atom stereocenters. The van der Waals surface area contributed by atoms with Gasteiger partial charge in [0.1, 0.15) is 5.82 Å². The number of nitrogens with zero attached hydrogens (tertiary/aromatic N) is 1. The number of hydrogen-bond donors (Lipinski definition) is 2. The molecule has 7 heteroatoms. The van der Waals surface area contributed by atoms with Crippen LogP contribution in [-0.2, 0) is 6.18 Å². The molecule has 1 unspecified atom stereocenters. The Kier molecular flexibility index (Phi) is 4.67. The second kappa shape index (κ2) is 6.09. The van der Waals surface area contributed by atoms with Crippen LogP contribution in [0.3, 0.4) is 0 Å². The summed E-state index contributed by atoms with van der Waals surface area (Å²) in [5, 5.41) is 6.12. The molecule has 1 fully saturated rings. The quantitative estimate of drug-likeness (QED) is 0.868. The van der Waals surface area contributed by atoms with E-state index in [1.54, 1.807) is 0 Å². The van der Waals surface area contributed by atoms with Crippen LogP contribution in [0, 0.1) is 0 Å². The monoisotopic (exact) mass is 337 g/mol. The third kappa shape index (κ3) is 4.07. The number of halogens is 4. The van der Waals surface area contributed by atoms with Crippen LogP contribution < -0.4 is 10.6 Å². The molecule has 1 aliphatic heterocycles. The Morgan fingerprint density at radius 2 is 2.16 bits per heavy atom. The highest BCUT2D eigenvalue weighted by Crippen LogP contribution is 2.35. The van der Waals surface area contributed by atoms with E-state index in [2.05, 4.69) is 31.5 Å². The Bertz CT molecular complexity index is 429. The summed E-state index contributed by atoms with van der Waals surface area (Å²) in [6.45, 7) is 1.58. The predicted octanol–water partition coefficient (Wildman–Crippen LogP) is 3.42. The van der Waals surface area contributed by atoms with E-state index in [1.165, 1.54) is 6.20 Å². The Labute approximate surface area is 118 Å². The summed E-state index contributed by atoms with van der Waals surface area (Å²) in [4.78, 5) is 3.86. The molecular weight excluding hydrogens is 323 g/mol. The second-order valence-corrected chi connectivity index (χ2v) is 5.50. The molecule has 1 saturated heterocycles. The van der Waals surface area contributed by atoms with Crippen molar-refractivity contribution in [2.45, 2.75) is 31.5 Å². The molecule has 0 radical (unpaired) electrons. The molecule has 0 aliphatic carbocycles. The lowest BCUT2D eigenvalue weighted by Gasteiger charge is -2.20. The minimum Gasteiger partial charge on any atom is -0.366 e. The lowest BCUT2D eigenvalue weighted by atomic mass is 10.1. The molecule has 2 rings (SSSR count). The summed E-state index contributed by atoms with van der Waals surface area (Å²) < 4.78 is 39.2. The van der Waals surface area contributed by atoms with E-state index in [4.69, 9.17) is 0 Å². The Hall–Kier alpha value is -0.820. The average Bonchev–Trinajstić information content (AvgIpc) is 2.59. The summed E-state index contributed by atoms with van der Waals surface area (Å²) in [6.07, 6.45) is -0.123. The van der Waals surface area contributed by atoms with Gasteiger partial charge in [-0.25, -0.2) is 4.98 Å². The molecule has 1 aromatic rings. The molecule has 0 spiro atoms. The van der Waals surface area contributed by atoms with E-state index >= 15 is 0 Å². The lowest BCUT2D eigenvalue weighted by Crippen LogP contribution is -2.32. The number of hydrogen-bond acceptors (Lipinski definition) is 3. The molecule has 2 N–H and O–H groups in total. The van der Waals surface area contributed by atoms with Crippen LogP contribution in [0.1, 0.15) is 24.8 Å². The van der Waals surface area contributed by atoms with Crippen molar-refractivity contribution < 1.29 is 13.2 Å². The van der Waals surface area contributed by atoms with Crippen molar-refractivity contribution >= 4 is 21.7 Å². The number of alkyl halides is 3. The van der Waals surface area contributed by atoms with Crippen molar-refractivity contribution in [3.63, 3.8) is 0 Å². The van der Waals surface area contributed by atoms with E-state index in [0.717, 1.165) is 31.9 Å². The minimum atomic E-state index is -4.41. The van der Waals surface area contributed by atoms with Gasteiger partial charge >= 0.3 is 6.18 Å². The topological polar surface area (TPSA) is 37.0 Å². The normalized spacial score (nSPS) is 20.9. The van der Waals surface area contributed by atoms with Gasteiger partial charge in [-0.1, -0.05) is 6.42 Å². The summed E-state index contributed by atoms with van der Waals surface area (Å²) >= 11 is 3.02. The minimum absolute atomic E-state index is 0.0164. The van der Waals surface area contributed by atoms with Gasteiger partial charge in [-0.2, -0.15) is 13.2 Å². The van der Waals surface area contributed by atoms with Crippen molar-refractivity contribution in [2.75, 3.05) is 18.4 Å². The predicted molar refractivity (Wildman–Crippen MR) is 71.1 cm³/mol. The average molecular weight is 338 g/mol. The number of nitrogens with one attached hydrogen (secondary N) is 2. The summed E-state index contributed by atoms with van der Waals surface area (Å²) in [5.74, 6) is -0.0931. The van der Waals surface area contributed by atoms with E-state index in [1.807, 2.05) is 0 Å². The molecule has 106 valence electrons. The standard InChI is InChI=1S/C12H15BrF3N3/c13-8-5-10(12(14,15)16)11(18-6-8)19-9-3-1-2-4-17-7-9/h5-6,9,17H,1-4,7H2,(H,18,19). The molecule has 0 bridgehead atoms. The first kappa shape index (κ1) is 14.6. The first-order chi connectivity index (χ1) is 8.97. The molecule has 2 heterocycles. The maximum Gasteiger partial charge on any atom is 0.419 e. The Morgan fingerprint density at radius 3 is 2.89 bits per heavy atom. The molecule has 1 aliphatic rings. The molecule has 0 amide bonds. The zero-order valence-electron chi connectivity index (χ0n) is 10.2. The van der Waals surface area contributed by atoms with Gasteiger partial charge in [0.25, 0.3) is 0 Å². The van der Waals surface area contributed by atoms with Crippen LogP contribution in [0.5, 0.6) is 0 Å².